The van der Waals surface area contributed by atoms with Crippen LogP contribution in [0.1, 0.15) is 25.0 Å². The Balaban J connectivity index is 2.97. The monoisotopic (exact) mass is 454 g/mol. The SMILES string of the molecule is COc1cc(Br)c(/C=C/C(C)=C/C=C/C(C)=C/C(=O)O)c(Br)c1C. The molecule has 1 N–H and O–H groups in total. The van der Waals surface area contributed by atoms with Crippen LogP contribution in [0.3, 0.4) is 0 Å². The maximum atomic E-state index is 10.5. The van der Waals surface area contributed by atoms with Gasteiger partial charge in [0.25, 0.3) is 0 Å². The number of halogens is 2. The number of ether oxygens (including phenoxy) is 1. The van der Waals surface area contributed by atoms with Crippen LogP contribution < -0.4 is 4.74 Å². The lowest BCUT2D eigenvalue weighted by Gasteiger charge is -2.11. The maximum absolute atomic E-state index is 10.5. The number of carbonyl (C=O) groups is 1. The van der Waals surface area contributed by atoms with Crippen LogP contribution in [0.15, 0.2) is 56.5 Å². The van der Waals surface area contributed by atoms with E-state index in [0.29, 0.717) is 5.57 Å². The van der Waals surface area contributed by atoms with Crippen LogP contribution in [0.25, 0.3) is 6.08 Å². The van der Waals surface area contributed by atoms with E-state index >= 15 is 0 Å². The summed E-state index contributed by atoms with van der Waals surface area (Å²) in [5, 5.41) is 8.66. The average Bonchev–Trinajstić information content (AvgIpc) is 2.50. The summed E-state index contributed by atoms with van der Waals surface area (Å²) in [5.74, 6) is -0.121. The fourth-order valence-electron chi connectivity index (χ4n) is 1.95. The van der Waals surface area contributed by atoms with E-state index in [1.165, 1.54) is 6.08 Å². The van der Waals surface area contributed by atoms with Gasteiger partial charge in [-0.3, -0.25) is 0 Å². The molecule has 1 aromatic rings. The van der Waals surface area contributed by atoms with Gasteiger partial charge in [-0.15, -0.1) is 0 Å². The fourth-order valence-corrected chi connectivity index (χ4v) is 3.29. The van der Waals surface area contributed by atoms with Crippen molar-refractivity contribution in [1.29, 1.82) is 0 Å². The molecule has 0 aliphatic carbocycles. The van der Waals surface area contributed by atoms with Gasteiger partial charge in [0.2, 0.25) is 0 Å². The fraction of sp³-hybridized carbons (Fsp3) is 0.211. The minimum Gasteiger partial charge on any atom is -0.496 e. The van der Waals surface area contributed by atoms with Crippen molar-refractivity contribution in [3.63, 3.8) is 0 Å². The molecule has 128 valence electrons. The number of carboxylic acids is 1. The number of hydrogen-bond acceptors (Lipinski definition) is 2. The molecule has 0 fully saturated rings. The molecular formula is C19H20Br2O3. The zero-order valence-corrected chi connectivity index (χ0v) is 17.2. The Morgan fingerprint density at radius 2 is 1.88 bits per heavy atom. The molecule has 0 aliphatic heterocycles. The van der Waals surface area contributed by atoms with E-state index in [2.05, 4.69) is 31.9 Å². The lowest BCUT2D eigenvalue weighted by atomic mass is 10.1. The Hall–Kier alpha value is -1.59. The minimum absolute atomic E-state index is 0.687. The van der Waals surface area contributed by atoms with Crippen LogP contribution in [-0.2, 0) is 4.79 Å². The van der Waals surface area contributed by atoms with Gasteiger partial charge in [0.15, 0.2) is 0 Å². The Kier molecular flexibility index (Phi) is 8.22. The topological polar surface area (TPSA) is 46.5 Å². The van der Waals surface area contributed by atoms with Crippen LogP contribution in [-0.4, -0.2) is 18.2 Å². The van der Waals surface area contributed by atoms with Gasteiger partial charge in [0.1, 0.15) is 5.75 Å². The summed E-state index contributed by atoms with van der Waals surface area (Å²) in [6.45, 7) is 5.73. The van der Waals surface area contributed by atoms with E-state index in [1.807, 2.05) is 44.2 Å². The third-order valence-electron chi connectivity index (χ3n) is 3.25. The van der Waals surface area contributed by atoms with Gasteiger partial charge < -0.3 is 9.84 Å². The van der Waals surface area contributed by atoms with Gasteiger partial charge in [-0.25, -0.2) is 4.79 Å². The molecule has 0 aromatic heterocycles. The second-order valence-corrected chi connectivity index (χ2v) is 6.89. The molecule has 1 rings (SSSR count). The summed E-state index contributed by atoms with van der Waals surface area (Å²) >= 11 is 7.17. The molecule has 0 spiro atoms. The summed E-state index contributed by atoms with van der Waals surface area (Å²) in [5.41, 5.74) is 3.80. The second kappa shape index (κ2) is 9.64. The number of benzene rings is 1. The highest BCUT2D eigenvalue weighted by Crippen LogP contribution is 2.36. The van der Waals surface area contributed by atoms with Gasteiger partial charge in [-0.1, -0.05) is 36.0 Å². The van der Waals surface area contributed by atoms with E-state index in [1.54, 1.807) is 20.1 Å². The summed E-state index contributed by atoms with van der Waals surface area (Å²) < 4.78 is 7.26. The van der Waals surface area contributed by atoms with E-state index in [9.17, 15) is 4.79 Å². The maximum Gasteiger partial charge on any atom is 0.328 e. The first-order valence-electron chi connectivity index (χ1n) is 7.23. The molecule has 0 bridgehead atoms. The number of allylic oxidation sites excluding steroid dienone is 6. The predicted molar refractivity (Wildman–Crippen MR) is 106 cm³/mol. The third-order valence-corrected chi connectivity index (χ3v) is 4.93. The molecule has 1 aromatic carbocycles. The van der Waals surface area contributed by atoms with E-state index in [4.69, 9.17) is 9.84 Å². The number of carboxylic acid groups (broad SMARTS) is 1. The van der Waals surface area contributed by atoms with Gasteiger partial charge in [-0.05, 0) is 64.3 Å². The van der Waals surface area contributed by atoms with Crippen LogP contribution in [0.2, 0.25) is 0 Å². The van der Waals surface area contributed by atoms with Crippen LogP contribution in [0, 0.1) is 6.92 Å². The normalized spacial score (nSPS) is 13.1. The molecule has 0 atom stereocenters. The van der Waals surface area contributed by atoms with Crippen LogP contribution in [0.4, 0.5) is 0 Å². The van der Waals surface area contributed by atoms with Crippen molar-refractivity contribution >= 4 is 43.9 Å². The van der Waals surface area contributed by atoms with Crippen molar-refractivity contribution in [2.45, 2.75) is 20.8 Å². The lowest BCUT2D eigenvalue weighted by molar-refractivity contribution is -0.131. The van der Waals surface area contributed by atoms with Gasteiger partial charge in [0.05, 0.1) is 7.11 Å². The van der Waals surface area contributed by atoms with Crippen molar-refractivity contribution in [3.8, 4) is 5.75 Å². The molecule has 3 nitrogen and oxygen atoms in total. The number of rotatable bonds is 6. The Bertz CT molecular complexity index is 741. The van der Waals surface area contributed by atoms with Crippen molar-refractivity contribution in [2.24, 2.45) is 0 Å². The second-order valence-electron chi connectivity index (χ2n) is 5.24. The molecule has 0 unspecified atom stereocenters. The largest absolute Gasteiger partial charge is 0.496 e. The zero-order valence-electron chi connectivity index (χ0n) is 14.1. The number of methoxy groups -OCH3 is 1. The predicted octanol–water partition coefficient (Wildman–Crippen LogP) is 6.08. The Labute approximate surface area is 159 Å². The van der Waals surface area contributed by atoms with Crippen LogP contribution in [0.5, 0.6) is 5.75 Å². The highest BCUT2D eigenvalue weighted by atomic mass is 79.9. The highest BCUT2D eigenvalue weighted by Gasteiger charge is 2.10. The molecular weight excluding hydrogens is 436 g/mol. The minimum atomic E-state index is -0.942. The van der Waals surface area contributed by atoms with Crippen molar-refractivity contribution < 1.29 is 14.6 Å². The first-order chi connectivity index (χ1) is 11.3. The summed E-state index contributed by atoms with van der Waals surface area (Å²) in [6.07, 6.45) is 10.7. The molecule has 0 amide bonds. The first-order valence-corrected chi connectivity index (χ1v) is 8.81. The Morgan fingerprint density at radius 1 is 1.21 bits per heavy atom. The Morgan fingerprint density at radius 3 is 2.46 bits per heavy atom. The van der Waals surface area contributed by atoms with E-state index in [-0.39, 0.29) is 0 Å². The summed E-state index contributed by atoms with van der Waals surface area (Å²) in [7, 11) is 1.65. The van der Waals surface area contributed by atoms with Crippen LogP contribution >= 0.6 is 31.9 Å². The van der Waals surface area contributed by atoms with Crippen molar-refractivity contribution in [2.75, 3.05) is 7.11 Å². The molecule has 0 saturated heterocycles. The highest BCUT2D eigenvalue weighted by molar-refractivity contribution is 9.11. The molecule has 0 heterocycles. The quantitative estimate of drug-likeness (QED) is 0.417. The van der Waals surface area contributed by atoms with Crippen molar-refractivity contribution in [1.82, 2.24) is 0 Å². The molecule has 0 radical (unpaired) electrons. The average molecular weight is 456 g/mol. The smallest absolute Gasteiger partial charge is 0.328 e. The summed E-state index contributed by atoms with van der Waals surface area (Å²) in [4.78, 5) is 10.5. The molecule has 5 heteroatoms. The molecule has 0 saturated carbocycles. The zero-order chi connectivity index (χ0) is 18.3. The standard InChI is InChI=1S/C19H20Br2O3/c1-12(6-5-7-13(2)10-18(22)23)8-9-15-16(20)11-17(24-4)14(3)19(15)21/h5-11H,1-4H3,(H,22,23)/b7-5+,9-8+,12-6+,13-10+. The van der Waals surface area contributed by atoms with Gasteiger partial charge in [0, 0.05) is 26.1 Å². The van der Waals surface area contributed by atoms with Gasteiger partial charge in [-0.2, -0.15) is 0 Å². The molecule has 0 aliphatic rings. The summed E-state index contributed by atoms with van der Waals surface area (Å²) in [6, 6.07) is 1.94. The number of aliphatic carboxylic acids is 1. The number of hydrogen-bond donors (Lipinski definition) is 1. The van der Waals surface area contributed by atoms with E-state index in [0.717, 1.165) is 31.4 Å². The van der Waals surface area contributed by atoms with Gasteiger partial charge >= 0.3 is 5.97 Å². The lowest BCUT2D eigenvalue weighted by Crippen LogP contribution is -1.91. The van der Waals surface area contributed by atoms with Crippen molar-refractivity contribution in [3.05, 3.63) is 67.7 Å². The van der Waals surface area contributed by atoms with E-state index < -0.39 is 5.97 Å². The molecule has 24 heavy (non-hydrogen) atoms. The third kappa shape index (κ3) is 6.13. The first kappa shape index (κ1) is 20.5.